The summed E-state index contributed by atoms with van der Waals surface area (Å²) in [6.07, 6.45) is 1.54. The summed E-state index contributed by atoms with van der Waals surface area (Å²) in [7, 11) is 0. The fourth-order valence-corrected chi connectivity index (χ4v) is 5.43. The fraction of sp³-hybridized carbons (Fsp3) is 0.308. The van der Waals surface area contributed by atoms with E-state index in [2.05, 4.69) is 25.9 Å². The summed E-state index contributed by atoms with van der Waals surface area (Å²) in [6, 6.07) is 9.94. The maximum Gasteiger partial charge on any atom is 0.409 e. The number of halogens is 2. The highest BCUT2D eigenvalue weighted by Crippen LogP contribution is 2.48. The van der Waals surface area contributed by atoms with Gasteiger partial charge in [-0.25, -0.2) is 14.3 Å². The molecule has 2 aliphatic rings. The van der Waals surface area contributed by atoms with E-state index in [9.17, 15) is 18.8 Å². The van der Waals surface area contributed by atoms with Crippen LogP contribution in [0, 0.1) is 11.7 Å². The molecule has 1 aliphatic carbocycles. The van der Waals surface area contributed by atoms with E-state index in [0.717, 1.165) is 6.42 Å². The van der Waals surface area contributed by atoms with Gasteiger partial charge in [-0.1, -0.05) is 35.9 Å². The lowest BCUT2D eigenvalue weighted by Gasteiger charge is -2.27. The second-order valence-electron chi connectivity index (χ2n) is 9.73. The summed E-state index contributed by atoms with van der Waals surface area (Å²) in [6.45, 7) is 1.31. The summed E-state index contributed by atoms with van der Waals surface area (Å²) < 4.78 is 21.4. The van der Waals surface area contributed by atoms with Gasteiger partial charge in [0.25, 0.3) is 0 Å². The Kier molecular flexibility index (Phi) is 6.26. The van der Waals surface area contributed by atoms with E-state index >= 15 is 0 Å². The number of hydrogen-bond donors (Lipinski definition) is 2. The van der Waals surface area contributed by atoms with Gasteiger partial charge in [-0.05, 0) is 41.8 Å². The molecule has 39 heavy (non-hydrogen) atoms. The van der Waals surface area contributed by atoms with Crippen LogP contribution in [0.2, 0.25) is 5.02 Å². The highest BCUT2D eigenvalue weighted by molar-refractivity contribution is 6.30. The number of aromatic nitrogens is 5. The van der Waals surface area contributed by atoms with Gasteiger partial charge in [0.2, 0.25) is 5.91 Å². The molecule has 2 fully saturated rings. The van der Waals surface area contributed by atoms with E-state index in [-0.39, 0.29) is 47.3 Å². The first-order valence-electron chi connectivity index (χ1n) is 12.4. The Balaban J connectivity index is 1.19. The quantitative estimate of drug-likeness (QED) is 0.334. The number of ether oxygens (including phenoxy) is 1. The van der Waals surface area contributed by atoms with Gasteiger partial charge in [-0.15, -0.1) is 5.10 Å². The number of tetrazole rings is 1. The van der Waals surface area contributed by atoms with E-state index < -0.39 is 18.1 Å². The molecule has 0 unspecified atom stereocenters. The minimum absolute atomic E-state index is 0.00870. The van der Waals surface area contributed by atoms with Gasteiger partial charge in [-0.3, -0.25) is 9.59 Å². The van der Waals surface area contributed by atoms with Crippen LogP contribution in [0.4, 0.5) is 9.18 Å². The second-order valence-corrected chi connectivity index (χ2v) is 10.1. The number of nitrogens with zero attached hydrogens (tertiary/aromatic N) is 5. The molecule has 1 saturated carbocycles. The molecule has 1 aliphatic heterocycles. The number of carbonyl (C=O) groups excluding carboxylic acids is 3. The lowest BCUT2D eigenvalue weighted by atomic mass is 10.1. The smallest absolute Gasteiger partial charge is 0.409 e. The molecular formula is C26H23ClFN7O4. The fourth-order valence-electron chi connectivity index (χ4n) is 5.24. The zero-order chi connectivity index (χ0) is 27.3. The third-order valence-electron chi connectivity index (χ3n) is 7.23. The highest BCUT2D eigenvalue weighted by atomic mass is 35.5. The Morgan fingerprint density at radius 3 is 2.85 bits per heavy atom. The average molecular weight is 552 g/mol. The molecule has 11 nitrogen and oxygen atoms in total. The van der Waals surface area contributed by atoms with Crippen LogP contribution >= 0.6 is 11.6 Å². The Bertz CT molecular complexity index is 1610. The monoisotopic (exact) mass is 551 g/mol. The molecule has 2 amide bonds. The lowest BCUT2D eigenvalue weighted by Crippen LogP contribution is -2.44. The number of likely N-dealkylation sites (tertiary alicyclic amines) is 1. The standard InChI is InChI=1S/C26H23ClFN7O4/c1-13(36)18-11-34(21-7-14(5-6-17(18)21)25-30-32-33-31-25)12-22(37)35-20-8-16(20)9-23(35)39-26(38)29-10-15-3-2-4-19(27)24(15)28/h2-7,11,16,20,23H,8-10,12H2,1H3,(H,29,38)(H,30,31,32,33)/t16-,20-,23+/m1/s1. The number of nitrogens with one attached hydrogen (secondary N) is 2. The van der Waals surface area contributed by atoms with Crippen LogP contribution in [0.25, 0.3) is 22.3 Å². The molecule has 200 valence electrons. The number of Topliss-reactive ketones (excluding diaryl/α,β-unsaturated/α-hetero) is 1. The molecule has 6 rings (SSSR count). The van der Waals surface area contributed by atoms with Crippen molar-refractivity contribution in [2.24, 2.45) is 5.92 Å². The molecule has 0 bridgehead atoms. The Labute approximate surface area is 226 Å². The number of fused-ring (bicyclic) bond motifs is 2. The van der Waals surface area contributed by atoms with Crippen LogP contribution in [0.1, 0.15) is 35.7 Å². The van der Waals surface area contributed by atoms with Crippen LogP contribution in [-0.4, -0.2) is 60.1 Å². The first-order chi connectivity index (χ1) is 18.8. The van der Waals surface area contributed by atoms with Crippen molar-refractivity contribution in [3.05, 3.63) is 64.6 Å². The highest BCUT2D eigenvalue weighted by Gasteiger charge is 2.55. The van der Waals surface area contributed by atoms with E-state index in [1.54, 1.807) is 33.9 Å². The maximum absolute atomic E-state index is 14.1. The maximum atomic E-state index is 14.1. The number of piperidine rings is 1. The molecular weight excluding hydrogens is 529 g/mol. The summed E-state index contributed by atoms with van der Waals surface area (Å²) >= 11 is 5.80. The first kappa shape index (κ1) is 25.0. The number of benzene rings is 2. The molecule has 3 atom stereocenters. The van der Waals surface area contributed by atoms with Gasteiger partial charge in [0, 0.05) is 52.8 Å². The van der Waals surface area contributed by atoms with Crippen molar-refractivity contribution in [1.82, 2.24) is 35.4 Å². The summed E-state index contributed by atoms with van der Waals surface area (Å²) in [5.74, 6) is -0.255. The van der Waals surface area contributed by atoms with Crippen molar-refractivity contribution < 1.29 is 23.5 Å². The van der Waals surface area contributed by atoms with Crippen LogP contribution in [0.5, 0.6) is 0 Å². The predicted molar refractivity (Wildman–Crippen MR) is 137 cm³/mol. The molecule has 2 aromatic carbocycles. The number of amides is 2. The molecule has 2 aromatic heterocycles. The molecule has 3 heterocycles. The molecule has 0 radical (unpaired) electrons. The third-order valence-corrected chi connectivity index (χ3v) is 7.52. The number of hydrogen-bond acceptors (Lipinski definition) is 7. The number of H-pyrrole nitrogens is 1. The largest absolute Gasteiger partial charge is 0.425 e. The molecule has 13 heteroatoms. The Morgan fingerprint density at radius 1 is 1.23 bits per heavy atom. The van der Waals surface area contributed by atoms with E-state index in [1.807, 2.05) is 6.07 Å². The van der Waals surface area contributed by atoms with Crippen LogP contribution in [0.3, 0.4) is 0 Å². The zero-order valence-corrected chi connectivity index (χ0v) is 21.5. The Hall–Kier alpha value is -4.32. The molecule has 2 N–H and O–H groups in total. The minimum atomic E-state index is -0.755. The molecule has 1 saturated heterocycles. The van der Waals surface area contributed by atoms with Gasteiger partial charge >= 0.3 is 6.09 Å². The van der Waals surface area contributed by atoms with Gasteiger partial charge in [0.15, 0.2) is 17.8 Å². The second kappa shape index (κ2) is 9.77. The summed E-state index contributed by atoms with van der Waals surface area (Å²) in [5, 5.41) is 17.1. The average Bonchev–Trinajstić information content (AvgIpc) is 3.27. The predicted octanol–water partition coefficient (Wildman–Crippen LogP) is 3.69. The van der Waals surface area contributed by atoms with Gasteiger partial charge in [0.1, 0.15) is 12.4 Å². The van der Waals surface area contributed by atoms with E-state index in [1.165, 1.54) is 19.1 Å². The summed E-state index contributed by atoms with van der Waals surface area (Å²) in [4.78, 5) is 40.0. The van der Waals surface area contributed by atoms with E-state index in [0.29, 0.717) is 34.3 Å². The Morgan fingerprint density at radius 2 is 2.08 bits per heavy atom. The zero-order valence-electron chi connectivity index (χ0n) is 20.7. The number of carbonyl (C=O) groups is 3. The number of rotatable bonds is 7. The van der Waals surface area contributed by atoms with Crippen molar-refractivity contribution in [2.45, 2.75) is 45.1 Å². The summed E-state index contributed by atoms with van der Waals surface area (Å²) in [5.41, 5.74) is 2.09. The minimum Gasteiger partial charge on any atom is -0.425 e. The number of aromatic amines is 1. The van der Waals surface area contributed by atoms with Gasteiger partial charge in [-0.2, -0.15) is 0 Å². The van der Waals surface area contributed by atoms with E-state index in [4.69, 9.17) is 16.3 Å². The third kappa shape index (κ3) is 4.71. The van der Waals surface area contributed by atoms with Crippen molar-refractivity contribution in [2.75, 3.05) is 0 Å². The SMILES string of the molecule is CC(=O)c1cn(CC(=O)N2[C@@H](OC(=O)NCc3cccc(Cl)c3F)C[C@H]3C[C@H]32)c2cc(-c3nnn[nH]3)ccc12. The topological polar surface area (TPSA) is 135 Å². The molecule has 4 aromatic rings. The van der Waals surface area contributed by atoms with Crippen molar-refractivity contribution in [1.29, 1.82) is 0 Å². The van der Waals surface area contributed by atoms with Crippen molar-refractivity contribution in [3.8, 4) is 11.4 Å². The van der Waals surface area contributed by atoms with Gasteiger partial charge < -0.3 is 19.5 Å². The number of ketones is 1. The van der Waals surface area contributed by atoms with Crippen LogP contribution in [0.15, 0.2) is 42.6 Å². The van der Waals surface area contributed by atoms with Crippen molar-refractivity contribution in [3.63, 3.8) is 0 Å². The molecule has 0 spiro atoms. The van der Waals surface area contributed by atoms with Crippen LogP contribution in [-0.2, 0) is 22.6 Å². The van der Waals surface area contributed by atoms with Gasteiger partial charge in [0.05, 0.1) is 5.02 Å². The van der Waals surface area contributed by atoms with Crippen LogP contribution < -0.4 is 5.32 Å². The normalized spacial score (nSPS) is 19.7. The van der Waals surface area contributed by atoms with Crippen molar-refractivity contribution >= 4 is 40.3 Å². The first-order valence-corrected chi connectivity index (χ1v) is 12.7. The lowest BCUT2D eigenvalue weighted by molar-refractivity contribution is -0.140. The number of alkyl carbamates (subject to hydrolysis) is 1.